The molecule has 0 bridgehead atoms. The highest BCUT2D eigenvalue weighted by molar-refractivity contribution is 7.98. The van der Waals surface area contributed by atoms with Gasteiger partial charge in [0.05, 0.1) is 11.6 Å². The minimum Gasteiger partial charge on any atom is -0.396 e. The van der Waals surface area contributed by atoms with Crippen molar-refractivity contribution in [3.05, 3.63) is 18.1 Å². The molecule has 116 valence electrons. The average Bonchev–Trinajstić information content (AvgIpc) is 2.88. The first-order valence-corrected chi connectivity index (χ1v) is 8.11. The van der Waals surface area contributed by atoms with Crippen LogP contribution in [0.3, 0.4) is 0 Å². The minimum absolute atomic E-state index is 0.0439. The molecule has 2 aromatic rings. The number of aliphatic hydroxyl groups excluding tert-OH is 2. The number of nitrogens with two attached hydrogens (primary N) is 1. The Morgan fingerprint density at radius 1 is 1.48 bits per heavy atom. The van der Waals surface area contributed by atoms with Crippen molar-refractivity contribution in [2.45, 2.75) is 12.6 Å². The predicted molar refractivity (Wildman–Crippen MR) is 85.0 cm³/mol. The van der Waals surface area contributed by atoms with E-state index in [1.54, 1.807) is 11.8 Å². The Morgan fingerprint density at radius 3 is 3.00 bits per heavy atom. The van der Waals surface area contributed by atoms with E-state index < -0.39 is 6.10 Å². The molecule has 7 nitrogen and oxygen atoms in total. The largest absolute Gasteiger partial charge is 0.396 e. The normalized spacial score (nSPS) is 14.4. The number of nitrogens with one attached hydrogen (secondary N) is 2. The van der Waals surface area contributed by atoms with E-state index in [0.717, 1.165) is 16.6 Å². The number of aliphatic hydroxyl groups is 2. The lowest BCUT2D eigenvalue weighted by atomic mass is 10.1. The van der Waals surface area contributed by atoms with Crippen LogP contribution in [0.4, 0.5) is 5.82 Å². The maximum atomic E-state index is 9.91. The van der Waals surface area contributed by atoms with Crippen molar-refractivity contribution in [1.82, 2.24) is 20.3 Å². The summed E-state index contributed by atoms with van der Waals surface area (Å²) >= 11 is 1.56. The molecule has 0 amide bonds. The number of anilines is 1. The third kappa shape index (κ3) is 3.85. The number of fused-ring (bicyclic) bond motifs is 1. The van der Waals surface area contributed by atoms with Crippen LogP contribution in [-0.4, -0.2) is 56.4 Å². The third-order valence-corrected chi connectivity index (χ3v) is 4.08. The first kappa shape index (κ1) is 16.0. The van der Waals surface area contributed by atoms with Crippen LogP contribution in [0.25, 0.3) is 11.0 Å². The lowest BCUT2D eigenvalue weighted by molar-refractivity contribution is 0.0836. The lowest BCUT2D eigenvalue weighted by Crippen LogP contribution is -2.35. The SMILES string of the molecule is CSC[C@@H](O)[C@H](CO)CNCc1c[nH]c2c(N)ncnc12. The van der Waals surface area contributed by atoms with Crippen molar-refractivity contribution in [2.24, 2.45) is 5.92 Å². The number of aromatic nitrogens is 3. The van der Waals surface area contributed by atoms with E-state index in [4.69, 9.17) is 5.73 Å². The topological polar surface area (TPSA) is 120 Å². The Kier molecular flexibility index (Phi) is 5.80. The molecule has 21 heavy (non-hydrogen) atoms. The number of rotatable bonds is 8. The third-order valence-electron chi connectivity index (χ3n) is 3.41. The number of H-pyrrole nitrogens is 1. The fourth-order valence-corrected chi connectivity index (χ4v) is 2.78. The van der Waals surface area contributed by atoms with Crippen molar-refractivity contribution in [1.29, 1.82) is 0 Å². The van der Waals surface area contributed by atoms with Gasteiger partial charge in [-0.2, -0.15) is 11.8 Å². The number of nitrogen functional groups attached to an aromatic ring is 1. The highest BCUT2D eigenvalue weighted by Gasteiger charge is 2.17. The van der Waals surface area contributed by atoms with E-state index in [0.29, 0.717) is 24.7 Å². The Bertz CT molecular complexity index is 577. The summed E-state index contributed by atoms with van der Waals surface area (Å²) < 4.78 is 0. The van der Waals surface area contributed by atoms with Crippen molar-refractivity contribution >= 4 is 28.6 Å². The van der Waals surface area contributed by atoms with Crippen molar-refractivity contribution in [2.75, 3.05) is 30.9 Å². The van der Waals surface area contributed by atoms with E-state index in [2.05, 4.69) is 20.3 Å². The first-order valence-electron chi connectivity index (χ1n) is 6.72. The van der Waals surface area contributed by atoms with Crippen molar-refractivity contribution < 1.29 is 10.2 Å². The Hall–Kier alpha value is -1.35. The number of hydrogen-bond donors (Lipinski definition) is 5. The van der Waals surface area contributed by atoms with Crippen LogP contribution in [0.15, 0.2) is 12.5 Å². The zero-order chi connectivity index (χ0) is 15.2. The summed E-state index contributed by atoms with van der Waals surface area (Å²) in [7, 11) is 0. The molecule has 0 saturated heterocycles. The molecule has 0 aliphatic carbocycles. The van der Waals surface area contributed by atoms with Crippen LogP contribution in [0.5, 0.6) is 0 Å². The van der Waals surface area contributed by atoms with Crippen LogP contribution in [0.1, 0.15) is 5.56 Å². The monoisotopic (exact) mass is 311 g/mol. The van der Waals surface area contributed by atoms with E-state index in [1.165, 1.54) is 6.33 Å². The Labute approximate surface area is 127 Å². The molecule has 0 unspecified atom stereocenters. The second kappa shape index (κ2) is 7.60. The highest BCUT2D eigenvalue weighted by Crippen LogP contribution is 2.18. The minimum atomic E-state index is -0.515. The van der Waals surface area contributed by atoms with Gasteiger partial charge in [-0.3, -0.25) is 0 Å². The number of hydrogen-bond acceptors (Lipinski definition) is 7. The van der Waals surface area contributed by atoms with Gasteiger partial charge in [0.2, 0.25) is 0 Å². The lowest BCUT2D eigenvalue weighted by Gasteiger charge is -2.20. The molecule has 2 aromatic heterocycles. The van der Waals surface area contributed by atoms with E-state index in [-0.39, 0.29) is 12.5 Å². The molecule has 0 aliphatic rings. The average molecular weight is 311 g/mol. The van der Waals surface area contributed by atoms with Gasteiger partial charge in [-0.15, -0.1) is 0 Å². The number of thioether (sulfide) groups is 1. The van der Waals surface area contributed by atoms with Crippen LogP contribution in [0.2, 0.25) is 0 Å². The summed E-state index contributed by atoms with van der Waals surface area (Å²) in [4.78, 5) is 11.2. The first-order chi connectivity index (χ1) is 10.2. The van der Waals surface area contributed by atoms with Gasteiger partial charge in [0.1, 0.15) is 11.8 Å². The zero-order valence-corrected chi connectivity index (χ0v) is 12.7. The number of nitrogens with zero attached hydrogens (tertiary/aromatic N) is 2. The van der Waals surface area contributed by atoms with E-state index >= 15 is 0 Å². The van der Waals surface area contributed by atoms with Gasteiger partial charge < -0.3 is 26.2 Å². The van der Waals surface area contributed by atoms with Crippen molar-refractivity contribution in [3.8, 4) is 0 Å². The van der Waals surface area contributed by atoms with Crippen LogP contribution < -0.4 is 11.1 Å². The highest BCUT2D eigenvalue weighted by atomic mass is 32.2. The second-order valence-electron chi connectivity index (χ2n) is 4.89. The fraction of sp³-hybridized carbons (Fsp3) is 0.538. The molecule has 0 aliphatic heterocycles. The Balaban J connectivity index is 1.94. The van der Waals surface area contributed by atoms with Crippen LogP contribution in [0, 0.1) is 5.92 Å². The summed E-state index contributed by atoms with van der Waals surface area (Å²) in [5, 5.41) is 22.5. The maximum Gasteiger partial charge on any atom is 0.151 e. The van der Waals surface area contributed by atoms with Gasteiger partial charge in [0.25, 0.3) is 0 Å². The Morgan fingerprint density at radius 2 is 2.29 bits per heavy atom. The molecule has 0 aromatic carbocycles. The predicted octanol–water partition coefficient (Wildman–Crippen LogP) is -0.0379. The van der Waals surface area contributed by atoms with Gasteiger partial charge in [0.15, 0.2) is 5.82 Å². The smallest absolute Gasteiger partial charge is 0.151 e. The van der Waals surface area contributed by atoms with Crippen molar-refractivity contribution in [3.63, 3.8) is 0 Å². The van der Waals surface area contributed by atoms with Crippen LogP contribution in [-0.2, 0) is 6.54 Å². The van der Waals surface area contributed by atoms with Gasteiger partial charge in [-0.1, -0.05) is 0 Å². The molecule has 0 fully saturated rings. The molecule has 8 heteroatoms. The summed E-state index contributed by atoms with van der Waals surface area (Å²) in [5.41, 5.74) is 8.28. The zero-order valence-electron chi connectivity index (χ0n) is 11.9. The second-order valence-corrected chi connectivity index (χ2v) is 5.80. The molecular formula is C13H21N5O2S. The van der Waals surface area contributed by atoms with E-state index in [9.17, 15) is 10.2 Å². The quantitative estimate of drug-likeness (QED) is 0.464. The van der Waals surface area contributed by atoms with Gasteiger partial charge in [-0.25, -0.2) is 9.97 Å². The molecule has 2 rings (SSSR count). The van der Waals surface area contributed by atoms with Gasteiger partial charge in [0, 0.05) is 43.1 Å². The molecule has 0 saturated carbocycles. The summed E-state index contributed by atoms with van der Waals surface area (Å²) in [6.45, 7) is 1.07. The fourth-order valence-electron chi connectivity index (χ4n) is 2.17. The molecule has 0 spiro atoms. The molecule has 2 atom stereocenters. The summed E-state index contributed by atoms with van der Waals surface area (Å²) in [6.07, 6.45) is 4.70. The van der Waals surface area contributed by atoms with Gasteiger partial charge in [-0.05, 0) is 6.26 Å². The molecule has 2 heterocycles. The standard InChI is InChI=1S/C13H21N5O2S/c1-21-6-10(20)9(5-19)3-15-2-8-4-16-12-11(8)17-7-18-13(12)14/h4,7,9-10,15-16,19-20H,2-3,5-6H2,1H3,(H2,14,17,18)/t9-,10+/m0/s1. The van der Waals surface area contributed by atoms with Crippen LogP contribution >= 0.6 is 11.8 Å². The van der Waals surface area contributed by atoms with E-state index in [1.807, 2.05) is 12.5 Å². The molecule has 0 radical (unpaired) electrons. The number of aromatic amines is 1. The summed E-state index contributed by atoms with van der Waals surface area (Å²) in [6, 6.07) is 0. The van der Waals surface area contributed by atoms with Gasteiger partial charge >= 0.3 is 0 Å². The maximum absolute atomic E-state index is 9.91. The summed E-state index contributed by atoms with van der Waals surface area (Å²) in [5.74, 6) is 0.862. The molecule has 6 N–H and O–H groups in total. The molecular weight excluding hydrogens is 290 g/mol.